The van der Waals surface area contributed by atoms with Crippen molar-refractivity contribution in [2.75, 3.05) is 7.05 Å². The van der Waals surface area contributed by atoms with E-state index in [9.17, 15) is 14.7 Å². The fraction of sp³-hybridized carbons (Fsp3) is 0.250. The van der Waals surface area contributed by atoms with Crippen LogP contribution in [0.3, 0.4) is 0 Å². The number of aromatic carboxylic acids is 1. The number of phenols is 1. The number of carboxylic acid groups (broad SMARTS) is 1. The zero-order chi connectivity index (χ0) is 16.3. The summed E-state index contributed by atoms with van der Waals surface area (Å²) in [5.41, 5.74) is 1.41. The number of rotatable bonds is 5. The molecule has 0 radical (unpaired) electrons. The van der Waals surface area contributed by atoms with Gasteiger partial charge < -0.3 is 15.1 Å². The Morgan fingerprint density at radius 3 is 2.45 bits per heavy atom. The van der Waals surface area contributed by atoms with Gasteiger partial charge in [-0.1, -0.05) is 12.1 Å². The lowest BCUT2D eigenvalue weighted by Crippen LogP contribution is -2.36. The van der Waals surface area contributed by atoms with Gasteiger partial charge in [0, 0.05) is 18.5 Å². The van der Waals surface area contributed by atoms with Gasteiger partial charge in [0.25, 0.3) is 5.91 Å². The van der Waals surface area contributed by atoms with Gasteiger partial charge in [0.1, 0.15) is 10.6 Å². The third-order valence-electron chi connectivity index (χ3n) is 3.51. The number of nitrogens with zero attached hydrogens (tertiary/aromatic N) is 1. The third-order valence-corrected chi connectivity index (χ3v) is 4.42. The molecule has 2 aromatic rings. The second kappa shape index (κ2) is 6.62. The van der Waals surface area contributed by atoms with E-state index in [4.69, 9.17) is 5.11 Å². The molecule has 0 aliphatic carbocycles. The molecule has 2 N–H and O–H groups in total. The number of carbonyl (C=O) groups excluding carboxylic acids is 1. The van der Waals surface area contributed by atoms with Gasteiger partial charge in [0.2, 0.25) is 0 Å². The highest BCUT2D eigenvalue weighted by atomic mass is 32.1. The van der Waals surface area contributed by atoms with E-state index in [0.717, 1.165) is 16.9 Å². The number of hydrogen-bond acceptors (Lipinski definition) is 4. The monoisotopic (exact) mass is 319 g/mol. The van der Waals surface area contributed by atoms with Crippen molar-refractivity contribution in [1.82, 2.24) is 4.90 Å². The van der Waals surface area contributed by atoms with Crippen molar-refractivity contribution in [2.24, 2.45) is 0 Å². The van der Waals surface area contributed by atoms with Crippen LogP contribution in [0.15, 0.2) is 35.7 Å². The fourth-order valence-electron chi connectivity index (χ4n) is 2.07. The van der Waals surface area contributed by atoms with Crippen molar-refractivity contribution in [3.63, 3.8) is 0 Å². The molecule has 22 heavy (non-hydrogen) atoms. The molecule has 0 aliphatic rings. The lowest BCUT2D eigenvalue weighted by atomic mass is 10.1. The molecular formula is C16H17NO4S. The number of amides is 1. The van der Waals surface area contributed by atoms with Crippen molar-refractivity contribution < 1.29 is 19.8 Å². The first-order valence-electron chi connectivity index (χ1n) is 6.75. The second-order valence-corrected chi connectivity index (χ2v) is 6.05. The van der Waals surface area contributed by atoms with Crippen molar-refractivity contribution >= 4 is 23.2 Å². The summed E-state index contributed by atoms with van der Waals surface area (Å²) >= 11 is 1.05. The first-order valence-corrected chi connectivity index (χ1v) is 7.63. The highest BCUT2D eigenvalue weighted by Crippen LogP contribution is 2.18. The number of carboxylic acids is 1. The largest absolute Gasteiger partial charge is 0.508 e. The van der Waals surface area contributed by atoms with Gasteiger partial charge in [-0.25, -0.2) is 4.79 Å². The maximum Gasteiger partial charge on any atom is 0.345 e. The first kappa shape index (κ1) is 16.0. The molecule has 0 saturated carbocycles. The molecule has 1 amide bonds. The molecule has 6 heteroatoms. The molecule has 0 fully saturated rings. The van der Waals surface area contributed by atoms with E-state index < -0.39 is 5.97 Å². The Hall–Kier alpha value is -2.34. The molecule has 5 nitrogen and oxygen atoms in total. The van der Waals surface area contributed by atoms with E-state index in [1.54, 1.807) is 29.5 Å². The summed E-state index contributed by atoms with van der Waals surface area (Å²) in [5.74, 6) is -1.01. The maximum atomic E-state index is 12.4. The van der Waals surface area contributed by atoms with Gasteiger partial charge in [0.05, 0.1) is 5.56 Å². The van der Waals surface area contributed by atoms with Gasteiger partial charge in [-0.05, 0) is 37.1 Å². The van der Waals surface area contributed by atoms with Gasteiger partial charge in [-0.3, -0.25) is 4.79 Å². The summed E-state index contributed by atoms with van der Waals surface area (Å²) in [6.07, 6.45) is 0.651. The third kappa shape index (κ3) is 3.65. The van der Waals surface area contributed by atoms with E-state index in [0.29, 0.717) is 12.0 Å². The van der Waals surface area contributed by atoms with Crippen LogP contribution >= 0.6 is 11.3 Å². The molecule has 116 valence electrons. The number of likely N-dealkylation sites (N-methyl/N-ethyl adjacent to an activating group) is 1. The van der Waals surface area contributed by atoms with E-state index in [-0.39, 0.29) is 22.6 Å². The van der Waals surface area contributed by atoms with Gasteiger partial charge >= 0.3 is 5.97 Å². The van der Waals surface area contributed by atoms with E-state index in [1.165, 1.54) is 6.07 Å². The molecule has 2 rings (SSSR count). The highest BCUT2D eigenvalue weighted by molar-refractivity contribution is 7.12. The Morgan fingerprint density at radius 1 is 1.27 bits per heavy atom. The molecule has 0 spiro atoms. The average molecular weight is 319 g/mol. The standard InChI is InChI=1S/C16H17NO4S/c1-10(7-11-3-5-13(18)6-4-11)17(2)15(19)12-8-14(16(20)21)22-9-12/h3-6,8-10,18H,7H2,1-2H3,(H,20,21). The number of phenolic OH excluding ortho intramolecular Hbond substituents is 1. The van der Waals surface area contributed by atoms with Crippen LogP contribution in [-0.4, -0.2) is 40.1 Å². The number of benzene rings is 1. The molecule has 1 atom stereocenters. The number of aromatic hydroxyl groups is 1. The minimum absolute atomic E-state index is 0.0507. The van der Waals surface area contributed by atoms with Crippen LogP contribution in [0.25, 0.3) is 0 Å². The van der Waals surface area contributed by atoms with Crippen molar-refractivity contribution in [3.05, 3.63) is 51.7 Å². The normalized spacial score (nSPS) is 11.9. The van der Waals surface area contributed by atoms with E-state index in [2.05, 4.69) is 0 Å². The van der Waals surface area contributed by atoms with Crippen LogP contribution in [-0.2, 0) is 6.42 Å². The van der Waals surface area contributed by atoms with Crippen molar-refractivity contribution in [2.45, 2.75) is 19.4 Å². The highest BCUT2D eigenvalue weighted by Gasteiger charge is 2.20. The van der Waals surface area contributed by atoms with Crippen LogP contribution in [0.2, 0.25) is 0 Å². The Morgan fingerprint density at radius 2 is 1.91 bits per heavy atom. The Kier molecular flexibility index (Phi) is 4.82. The minimum Gasteiger partial charge on any atom is -0.508 e. The predicted molar refractivity (Wildman–Crippen MR) is 84.6 cm³/mol. The van der Waals surface area contributed by atoms with Crippen LogP contribution in [0.1, 0.15) is 32.5 Å². The number of thiophene rings is 1. The van der Waals surface area contributed by atoms with Crippen LogP contribution in [0.5, 0.6) is 5.75 Å². The van der Waals surface area contributed by atoms with Crippen LogP contribution in [0, 0.1) is 0 Å². The molecule has 0 saturated heterocycles. The van der Waals surface area contributed by atoms with Gasteiger partial charge in [-0.2, -0.15) is 0 Å². The summed E-state index contributed by atoms with van der Waals surface area (Å²) < 4.78 is 0. The van der Waals surface area contributed by atoms with Crippen molar-refractivity contribution in [3.8, 4) is 5.75 Å². The fourth-order valence-corrected chi connectivity index (χ4v) is 2.79. The predicted octanol–water partition coefficient (Wildman–Crippen LogP) is 2.86. The Labute approximate surface area is 132 Å². The Bertz CT molecular complexity index is 678. The summed E-state index contributed by atoms with van der Waals surface area (Å²) in [6, 6.07) is 8.21. The maximum absolute atomic E-state index is 12.4. The molecule has 1 aromatic heterocycles. The molecule has 1 aromatic carbocycles. The Balaban J connectivity index is 2.05. The SMILES string of the molecule is CC(Cc1ccc(O)cc1)N(C)C(=O)c1csc(C(=O)O)c1. The molecular weight excluding hydrogens is 302 g/mol. The number of hydrogen-bond donors (Lipinski definition) is 2. The molecule has 0 bridgehead atoms. The van der Waals surface area contributed by atoms with E-state index >= 15 is 0 Å². The zero-order valence-electron chi connectivity index (χ0n) is 12.3. The molecule has 0 aliphatic heterocycles. The quantitative estimate of drug-likeness (QED) is 0.888. The summed E-state index contributed by atoms with van der Waals surface area (Å²) in [6.45, 7) is 1.93. The first-order chi connectivity index (χ1) is 10.4. The zero-order valence-corrected chi connectivity index (χ0v) is 13.1. The lowest BCUT2D eigenvalue weighted by Gasteiger charge is -2.24. The average Bonchev–Trinajstić information content (AvgIpc) is 2.98. The van der Waals surface area contributed by atoms with E-state index in [1.807, 2.05) is 19.1 Å². The van der Waals surface area contributed by atoms with Crippen LogP contribution in [0.4, 0.5) is 0 Å². The second-order valence-electron chi connectivity index (χ2n) is 5.14. The molecule has 1 heterocycles. The molecule has 1 unspecified atom stereocenters. The summed E-state index contributed by atoms with van der Waals surface area (Å²) in [7, 11) is 1.70. The summed E-state index contributed by atoms with van der Waals surface area (Å²) in [5, 5.41) is 19.7. The van der Waals surface area contributed by atoms with Gasteiger partial charge in [-0.15, -0.1) is 11.3 Å². The minimum atomic E-state index is -1.02. The lowest BCUT2D eigenvalue weighted by molar-refractivity contribution is 0.0702. The smallest absolute Gasteiger partial charge is 0.345 e. The number of carbonyl (C=O) groups is 2. The van der Waals surface area contributed by atoms with Crippen LogP contribution < -0.4 is 0 Å². The van der Waals surface area contributed by atoms with Gasteiger partial charge in [0.15, 0.2) is 0 Å². The summed E-state index contributed by atoms with van der Waals surface area (Å²) in [4.78, 5) is 25.0. The van der Waals surface area contributed by atoms with Crippen molar-refractivity contribution in [1.29, 1.82) is 0 Å². The topological polar surface area (TPSA) is 77.8 Å².